The number of ketones is 1. The lowest BCUT2D eigenvalue weighted by atomic mass is 9.91. The Morgan fingerprint density at radius 1 is 1.35 bits per heavy atom. The van der Waals surface area contributed by atoms with Gasteiger partial charge in [0.25, 0.3) is 5.91 Å². The summed E-state index contributed by atoms with van der Waals surface area (Å²) in [6.45, 7) is 0.603. The van der Waals surface area contributed by atoms with E-state index in [0.717, 1.165) is 0 Å². The molecule has 1 saturated heterocycles. The Morgan fingerprint density at radius 2 is 2.00 bits per heavy atom. The number of nitrogens with zero attached hydrogens (tertiary/aromatic N) is 1. The number of carboxylic acid groups (broad SMARTS) is 1. The van der Waals surface area contributed by atoms with Gasteiger partial charge in [0.1, 0.15) is 6.04 Å². The topological polar surface area (TPSA) is 86.7 Å². The van der Waals surface area contributed by atoms with Crippen LogP contribution in [-0.2, 0) is 9.59 Å². The second kappa shape index (κ2) is 7.37. The summed E-state index contributed by atoms with van der Waals surface area (Å²) in [6.07, 6.45) is -0.142. The van der Waals surface area contributed by atoms with E-state index in [0.29, 0.717) is 12.1 Å². The molecule has 1 amide bonds. The second-order valence-corrected chi connectivity index (χ2v) is 6.94. The zero-order valence-corrected chi connectivity index (χ0v) is 14.1. The summed E-state index contributed by atoms with van der Waals surface area (Å²) >= 11 is 8.58. The van der Waals surface area contributed by atoms with Crippen LogP contribution in [0.4, 0.5) is 0 Å². The largest absolute Gasteiger partial charge is 0.481 e. The van der Waals surface area contributed by atoms with Crippen LogP contribution in [0.25, 0.3) is 0 Å². The van der Waals surface area contributed by atoms with Crippen molar-refractivity contribution in [3.05, 3.63) is 35.9 Å². The average Bonchev–Trinajstić information content (AvgIpc) is 2.60. The molecule has 124 valence electrons. The highest BCUT2D eigenvalue weighted by Crippen LogP contribution is 2.30. The van der Waals surface area contributed by atoms with Gasteiger partial charge >= 0.3 is 5.97 Å². The number of carbonyl (C=O) groups is 3. The average molecular weight is 354 g/mol. The van der Waals surface area contributed by atoms with Crippen molar-refractivity contribution in [3.63, 3.8) is 0 Å². The van der Waals surface area contributed by atoms with E-state index >= 15 is 0 Å². The van der Waals surface area contributed by atoms with Crippen molar-refractivity contribution in [2.24, 2.45) is 0 Å². The van der Waals surface area contributed by atoms with E-state index in [1.807, 2.05) is 0 Å². The van der Waals surface area contributed by atoms with Gasteiger partial charge in [-0.1, -0.05) is 31.0 Å². The molecule has 2 rings (SSSR count). The summed E-state index contributed by atoms with van der Waals surface area (Å²) < 4.78 is 0.269. The normalized spacial score (nSPS) is 25.7. The quantitative estimate of drug-likeness (QED) is 0.607. The molecule has 1 aliphatic rings. The second-order valence-electron chi connectivity index (χ2n) is 5.52. The van der Waals surface area contributed by atoms with Gasteiger partial charge in [0.15, 0.2) is 5.78 Å². The van der Waals surface area contributed by atoms with E-state index in [9.17, 15) is 14.4 Å². The minimum Gasteiger partial charge on any atom is -0.481 e. The van der Waals surface area contributed by atoms with Crippen molar-refractivity contribution >= 4 is 43.1 Å². The molecule has 8 heteroatoms. The zero-order valence-electron chi connectivity index (χ0n) is 12.3. The Kier molecular flexibility index (Phi) is 5.72. The summed E-state index contributed by atoms with van der Waals surface area (Å²) in [5, 5.41) is 11.7. The fourth-order valence-electron chi connectivity index (χ4n) is 2.51. The molecule has 1 aliphatic heterocycles. The number of thiol groups is 2. The van der Waals surface area contributed by atoms with Crippen LogP contribution in [0.5, 0.6) is 0 Å². The fourth-order valence-corrected chi connectivity index (χ4v) is 3.17. The number of rotatable bonds is 4. The first-order chi connectivity index (χ1) is 10.8. The third-order valence-electron chi connectivity index (χ3n) is 3.74. The van der Waals surface area contributed by atoms with Gasteiger partial charge in [-0.3, -0.25) is 18.7 Å². The summed E-state index contributed by atoms with van der Waals surface area (Å²) in [6, 6.07) is 7.65. The SMILES string of the molecule is O=C(O)CC1(S)CCN(S)CC(NC(=O)c2ccccc2)C1=O. The standard InChI is InChI=1S/C15H18N2O4S2/c18-12(19)8-15(22)6-7-17(23)9-11(13(15)20)16-14(21)10-4-2-1-3-5-10/h1-5,11,22-23H,6-9H2,(H,16,21)(H,18,19). The molecule has 2 unspecified atom stereocenters. The number of amides is 1. The fraction of sp³-hybridized carbons (Fsp3) is 0.400. The van der Waals surface area contributed by atoms with Crippen LogP contribution in [-0.4, -0.2) is 50.9 Å². The van der Waals surface area contributed by atoms with Crippen LogP contribution >= 0.6 is 25.4 Å². The van der Waals surface area contributed by atoms with E-state index in [-0.39, 0.29) is 13.0 Å². The number of carboxylic acids is 1. The first-order valence-electron chi connectivity index (χ1n) is 7.10. The molecule has 1 heterocycles. The molecule has 1 fully saturated rings. The maximum Gasteiger partial charge on any atom is 0.305 e. The molecule has 0 bridgehead atoms. The first-order valence-corrected chi connectivity index (χ1v) is 7.95. The van der Waals surface area contributed by atoms with E-state index < -0.39 is 34.9 Å². The molecular formula is C15H18N2O4S2. The number of aliphatic carboxylic acids is 1. The number of nitrogens with one attached hydrogen (secondary N) is 1. The summed E-state index contributed by atoms with van der Waals surface area (Å²) in [4.78, 5) is 36.0. The zero-order chi connectivity index (χ0) is 17.0. The highest BCUT2D eigenvalue weighted by molar-refractivity contribution is 7.82. The van der Waals surface area contributed by atoms with Gasteiger partial charge in [-0.25, -0.2) is 0 Å². The van der Waals surface area contributed by atoms with Gasteiger partial charge in [-0.05, 0) is 18.6 Å². The lowest BCUT2D eigenvalue weighted by molar-refractivity contribution is -0.140. The highest BCUT2D eigenvalue weighted by atomic mass is 32.1. The highest BCUT2D eigenvalue weighted by Gasteiger charge is 2.44. The molecule has 1 aromatic carbocycles. The lowest BCUT2D eigenvalue weighted by Crippen LogP contribution is -2.51. The lowest BCUT2D eigenvalue weighted by Gasteiger charge is -2.26. The molecule has 0 spiro atoms. The van der Waals surface area contributed by atoms with Crippen LogP contribution in [0.15, 0.2) is 30.3 Å². The first kappa shape index (κ1) is 17.8. The number of benzene rings is 1. The molecule has 0 saturated carbocycles. The van der Waals surface area contributed by atoms with Crippen LogP contribution in [0.3, 0.4) is 0 Å². The van der Waals surface area contributed by atoms with Crippen molar-refractivity contribution in [1.29, 1.82) is 0 Å². The number of hydrogen-bond donors (Lipinski definition) is 4. The molecule has 6 nitrogen and oxygen atoms in total. The minimum atomic E-state index is -1.32. The molecule has 23 heavy (non-hydrogen) atoms. The Hall–Kier alpha value is -1.51. The van der Waals surface area contributed by atoms with Crippen LogP contribution in [0.1, 0.15) is 23.2 Å². The molecule has 2 N–H and O–H groups in total. The summed E-state index contributed by atoms with van der Waals surface area (Å²) in [7, 11) is 0. The molecule has 0 radical (unpaired) electrons. The number of Topliss-reactive ketones (excluding diaryl/α,β-unsaturated/α-hetero) is 1. The summed E-state index contributed by atoms with van der Waals surface area (Å²) in [5.41, 5.74) is 0.429. The Labute approximate surface area is 145 Å². The van der Waals surface area contributed by atoms with Gasteiger partial charge in [-0.2, -0.15) is 12.6 Å². The van der Waals surface area contributed by atoms with Crippen molar-refractivity contribution in [3.8, 4) is 0 Å². The van der Waals surface area contributed by atoms with Crippen LogP contribution < -0.4 is 5.32 Å². The van der Waals surface area contributed by atoms with E-state index in [4.69, 9.17) is 5.11 Å². The Morgan fingerprint density at radius 3 is 2.61 bits per heavy atom. The predicted molar refractivity (Wildman–Crippen MR) is 91.8 cm³/mol. The van der Waals surface area contributed by atoms with Gasteiger partial charge < -0.3 is 10.4 Å². The maximum absolute atomic E-state index is 12.7. The van der Waals surface area contributed by atoms with Crippen molar-refractivity contribution in [2.45, 2.75) is 23.6 Å². The molecule has 2 atom stereocenters. The Bertz CT molecular complexity index is 611. The summed E-state index contributed by atoms with van der Waals surface area (Å²) in [5.74, 6) is -1.89. The van der Waals surface area contributed by atoms with Crippen LogP contribution in [0.2, 0.25) is 0 Å². The molecular weight excluding hydrogens is 336 g/mol. The van der Waals surface area contributed by atoms with E-state index in [2.05, 4.69) is 30.8 Å². The van der Waals surface area contributed by atoms with Crippen molar-refractivity contribution in [1.82, 2.24) is 9.62 Å². The van der Waals surface area contributed by atoms with Crippen molar-refractivity contribution < 1.29 is 19.5 Å². The minimum absolute atomic E-state index is 0.197. The van der Waals surface area contributed by atoms with Crippen LogP contribution in [0, 0.1) is 0 Å². The Balaban J connectivity index is 2.19. The predicted octanol–water partition coefficient (Wildman–Crippen LogP) is 1.05. The number of hydrogen-bond acceptors (Lipinski definition) is 6. The van der Waals surface area contributed by atoms with Gasteiger partial charge in [0.2, 0.25) is 0 Å². The molecule has 1 aromatic rings. The van der Waals surface area contributed by atoms with Gasteiger partial charge in [0.05, 0.1) is 11.2 Å². The van der Waals surface area contributed by atoms with Gasteiger partial charge in [0, 0.05) is 18.7 Å². The monoisotopic (exact) mass is 354 g/mol. The van der Waals surface area contributed by atoms with Crippen molar-refractivity contribution in [2.75, 3.05) is 13.1 Å². The van der Waals surface area contributed by atoms with Gasteiger partial charge in [-0.15, -0.1) is 0 Å². The molecule has 0 aromatic heterocycles. The molecule has 0 aliphatic carbocycles. The maximum atomic E-state index is 12.7. The number of carbonyl (C=O) groups excluding carboxylic acids is 2. The van der Waals surface area contributed by atoms with E-state index in [1.54, 1.807) is 34.6 Å². The third kappa shape index (κ3) is 4.49. The smallest absolute Gasteiger partial charge is 0.305 e. The van der Waals surface area contributed by atoms with E-state index in [1.165, 1.54) is 0 Å². The third-order valence-corrected chi connectivity index (χ3v) is 4.70.